The Morgan fingerprint density at radius 3 is 2.44 bits per heavy atom. The summed E-state index contributed by atoms with van der Waals surface area (Å²) in [5, 5.41) is 3.07. The molecule has 0 saturated carbocycles. The average molecular weight is 451 g/mol. The maximum absolute atomic E-state index is 13.4. The van der Waals surface area contributed by atoms with Gasteiger partial charge in [-0.25, -0.2) is 0 Å². The third-order valence-corrected chi connectivity index (χ3v) is 6.47. The highest BCUT2D eigenvalue weighted by atomic mass is 32.1. The summed E-state index contributed by atoms with van der Waals surface area (Å²) >= 11 is 1.58. The molecule has 4 rings (SSSR count). The zero-order valence-electron chi connectivity index (χ0n) is 18.2. The maximum atomic E-state index is 13.4. The Balaban J connectivity index is 1.84. The van der Waals surface area contributed by atoms with Crippen molar-refractivity contribution in [1.82, 2.24) is 9.30 Å². The summed E-state index contributed by atoms with van der Waals surface area (Å²) in [4.78, 5) is 28.4. The van der Waals surface area contributed by atoms with Crippen LogP contribution in [0.25, 0.3) is 26.7 Å². The number of hydrogen-bond acceptors (Lipinski definition) is 5. The Labute approximate surface area is 190 Å². The van der Waals surface area contributed by atoms with E-state index in [0.717, 1.165) is 26.7 Å². The fourth-order valence-electron chi connectivity index (χ4n) is 3.88. The van der Waals surface area contributed by atoms with Crippen LogP contribution in [0.1, 0.15) is 5.56 Å². The molecule has 32 heavy (non-hydrogen) atoms. The molecule has 166 valence electrons. The van der Waals surface area contributed by atoms with Crippen LogP contribution in [0.3, 0.4) is 0 Å². The summed E-state index contributed by atoms with van der Waals surface area (Å²) in [6.07, 6.45) is 1.99. The smallest absolute Gasteiger partial charge is 0.263 e. The average Bonchev–Trinajstić information content (AvgIpc) is 3.30. The number of carbonyl (C=O) groups excluding carboxylic acids is 1. The molecule has 0 atom stereocenters. The predicted octanol–water partition coefficient (Wildman–Crippen LogP) is 3.85. The number of pyridine rings is 2. The van der Waals surface area contributed by atoms with Gasteiger partial charge in [-0.05, 0) is 40.1 Å². The first kappa shape index (κ1) is 22.2. The number of thiophene rings is 1. The molecule has 0 bridgehead atoms. The molecule has 0 aliphatic carbocycles. The van der Waals surface area contributed by atoms with Gasteiger partial charge in [0.05, 0.1) is 29.9 Å². The number of ether oxygens (including phenoxy) is 2. The van der Waals surface area contributed by atoms with Gasteiger partial charge in [0.15, 0.2) is 0 Å². The van der Waals surface area contributed by atoms with E-state index in [9.17, 15) is 9.59 Å². The molecule has 7 heteroatoms. The minimum atomic E-state index is -0.0895. The van der Waals surface area contributed by atoms with Crippen LogP contribution >= 0.6 is 11.3 Å². The van der Waals surface area contributed by atoms with Gasteiger partial charge in [-0.3, -0.25) is 14.0 Å². The topological polar surface area (TPSA) is 60.2 Å². The number of benzene rings is 1. The van der Waals surface area contributed by atoms with Crippen molar-refractivity contribution in [3.05, 3.63) is 76.0 Å². The lowest BCUT2D eigenvalue weighted by atomic mass is 10.0. The van der Waals surface area contributed by atoms with E-state index >= 15 is 0 Å². The van der Waals surface area contributed by atoms with Crippen molar-refractivity contribution in [3.8, 4) is 11.1 Å². The van der Waals surface area contributed by atoms with E-state index in [1.807, 2.05) is 53.9 Å². The Bertz CT molecular complexity index is 1270. The molecule has 0 aliphatic rings. The fraction of sp³-hybridized carbons (Fsp3) is 0.280. The molecule has 0 saturated heterocycles. The number of methoxy groups -OCH3 is 2. The lowest BCUT2D eigenvalue weighted by Crippen LogP contribution is -2.37. The number of nitrogens with zero attached hydrogens (tertiary/aromatic N) is 2. The molecule has 3 heterocycles. The molecule has 0 unspecified atom stereocenters. The van der Waals surface area contributed by atoms with E-state index in [1.54, 1.807) is 41.1 Å². The molecular weight excluding hydrogens is 424 g/mol. The minimum absolute atomic E-state index is 0.0211. The minimum Gasteiger partial charge on any atom is -0.383 e. The first-order valence-corrected chi connectivity index (χ1v) is 11.4. The van der Waals surface area contributed by atoms with Gasteiger partial charge in [-0.1, -0.05) is 30.3 Å². The quantitative estimate of drug-likeness (QED) is 0.389. The number of fused-ring (bicyclic) bond motifs is 3. The summed E-state index contributed by atoms with van der Waals surface area (Å²) in [7, 11) is 3.24. The van der Waals surface area contributed by atoms with Crippen molar-refractivity contribution < 1.29 is 14.3 Å². The third kappa shape index (κ3) is 4.46. The van der Waals surface area contributed by atoms with E-state index in [0.29, 0.717) is 31.9 Å². The van der Waals surface area contributed by atoms with E-state index in [4.69, 9.17) is 9.47 Å². The molecule has 3 aromatic heterocycles. The van der Waals surface area contributed by atoms with Crippen LogP contribution in [0.5, 0.6) is 0 Å². The molecule has 1 aromatic carbocycles. The van der Waals surface area contributed by atoms with Crippen molar-refractivity contribution >= 4 is 32.8 Å². The second-order valence-electron chi connectivity index (χ2n) is 7.54. The Morgan fingerprint density at radius 1 is 1.03 bits per heavy atom. The van der Waals surface area contributed by atoms with Crippen LogP contribution in [-0.2, 0) is 20.7 Å². The standard InChI is InChI=1S/C25H26N2O4S/c1-30-13-11-26(12-14-31-2)22(28)17-20-16-21(18-6-4-3-5-7-18)25(29)27-10-8-19-9-15-32-24(19)23(20)27/h3-10,15-16H,11-14,17H2,1-2H3. The summed E-state index contributed by atoms with van der Waals surface area (Å²) in [6.45, 7) is 1.89. The van der Waals surface area contributed by atoms with Gasteiger partial charge in [-0.2, -0.15) is 0 Å². The third-order valence-electron chi connectivity index (χ3n) is 5.54. The summed E-state index contributed by atoms with van der Waals surface area (Å²) in [6, 6.07) is 15.4. The van der Waals surface area contributed by atoms with Crippen LogP contribution < -0.4 is 5.56 Å². The molecule has 4 aromatic rings. The van der Waals surface area contributed by atoms with Gasteiger partial charge in [-0.15, -0.1) is 11.3 Å². The summed E-state index contributed by atoms with van der Waals surface area (Å²) in [5.41, 5.74) is 2.97. The molecule has 0 radical (unpaired) electrons. The first-order chi connectivity index (χ1) is 15.6. The molecule has 0 N–H and O–H groups in total. The van der Waals surface area contributed by atoms with Crippen molar-refractivity contribution in [1.29, 1.82) is 0 Å². The number of carbonyl (C=O) groups is 1. The van der Waals surface area contributed by atoms with Crippen molar-refractivity contribution in [2.75, 3.05) is 40.5 Å². The Morgan fingerprint density at radius 2 is 1.75 bits per heavy atom. The highest BCUT2D eigenvalue weighted by Gasteiger charge is 2.19. The van der Waals surface area contributed by atoms with Gasteiger partial charge in [0.2, 0.25) is 5.91 Å². The number of amides is 1. The number of aromatic nitrogens is 1. The van der Waals surface area contributed by atoms with Gasteiger partial charge in [0.1, 0.15) is 0 Å². The monoisotopic (exact) mass is 450 g/mol. The second kappa shape index (κ2) is 10.1. The Hall–Kier alpha value is -3.00. The van der Waals surface area contributed by atoms with Crippen LogP contribution in [0.15, 0.2) is 64.9 Å². The summed E-state index contributed by atoms with van der Waals surface area (Å²) in [5.74, 6) is -0.0211. The SMILES string of the molecule is COCCN(CCOC)C(=O)Cc1cc(-c2ccccc2)c(=O)n2ccc3ccsc3c12. The lowest BCUT2D eigenvalue weighted by Gasteiger charge is -2.23. The van der Waals surface area contributed by atoms with Crippen LogP contribution in [-0.4, -0.2) is 55.7 Å². The van der Waals surface area contributed by atoms with Crippen LogP contribution in [0.2, 0.25) is 0 Å². The largest absolute Gasteiger partial charge is 0.383 e. The lowest BCUT2D eigenvalue weighted by molar-refractivity contribution is -0.131. The highest BCUT2D eigenvalue weighted by Crippen LogP contribution is 2.29. The first-order valence-electron chi connectivity index (χ1n) is 10.5. The van der Waals surface area contributed by atoms with E-state index in [-0.39, 0.29) is 17.9 Å². The second-order valence-corrected chi connectivity index (χ2v) is 8.45. The molecule has 0 spiro atoms. The van der Waals surface area contributed by atoms with Crippen molar-refractivity contribution in [2.24, 2.45) is 0 Å². The van der Waals surface area contributed by atoms with Gasteiger partial charge >= 0.3 is 0 Å². The molecule has 6 nitrogen and oxygen atoms in total. The molecular formula is C25H26N2O4S. The summed E-state index contributed by atoms with van der Waals surface area (Å²) < 4.78 is 13.1. The fourth-order valence-corrected chi connectivity index (χ4v) is 4.85. The highest BCUT2D eigenvalue weighted by molar-refractivity contribution is 7.18. The van der Waals surface area contributed by atoms with Crippen LogP contribution in [0.4, 0.5) is 0 Å². The number of rotatable bonds is 9. The van der Waals surface area contributed by atoms with E-state index < -0.39 is 0 Å². The van der Waals surface area contributed by atoms with E-state index in [2.05, 4.69) is 0 Å². The number of hydrogen-bond donors (Lipinski definition) is 0. The van der Waals surface area contributed by atoms with Gasteiger partial charge in [0, 0.05) is 39.1 Å². The zero-order valence-corrected chi connectivity index (χ0v) is 19.1. The normalized spacial score (nSPS) is 11.3. The van der Waals surface area contributed by atoms with Gasteiger partial charge < -0.3 is 14.4 Å². The van der Waals surface area contributed by atoms with Crippen molar-refractivity contribution in [2.45, 2.75) is 6.42 Å². The predicted molar refractivity (Wildman–Crippen MR) is 129 cm³/mol. The Kier molecular flexibility index (Phi) is 6.99. The molecule has 1 amide bonds. The zero-order chi connectivity index (χ0) is 22.5. The molecule has 0 fully saturated rings. The maximum Gasteiger partial charge on any atom is 0.263 e. The van der Waals surface area contributed by atoms with Crippen LogP contribution in [0, 0.1) is 0 Å². The molecule has 0 aliphatic heterocycles. The van der Waals surface area contributed by atoms with Crippen molar-refractivity contribution in [3.63, 3.8) is 0 Å². The van der Waals surface area contributed by atoms with Gasteiger partial charge in [0.25, 0.3) is 5.56 Å². The van der Waals surface area contributed by atoms with E-state index in [1.165, 1.54) is 0 Å².